The van der Waals surface area contributed by atoms with Crippen LogP contribution < -0.4 is 4.90 Å². The number of nitriles is 1. The van der Waals surface area contributed by atoms with Gasteiger partial charge in [0.05, 0.1) is 12.0 Å². The summed E-state index contributed by atoms with van der Waals surface area (Å²) in [5.74, 6) is -0.173. The van der Waals surface area contributed by atoms with Crippen molar-refractivity contribution in [3.05, 3.63) is 24.3 Å². The van der Waals surface area contributed by atoms with E-state index in [1.807, 2.05) is 0 Å². The number of phenolic OH excluding ortho intramolecular Hbond substituents is 1. The van der Waals surface area contributed by atoms with Gasteiger partial charge in [0.1, 0.15) is 5.75 Å². The van der Waals surface area contributed by atoms with Gasteiger partial charge < -0.3 is 10.0 Å². The second-order valence-electron chi connectivity index (χ2n) is 3.55. The van der Waals surface area contributed by atoms with Crippen LogP contribution in [0.25, 0.3) is 0 Å². The second-order valence-corrected chi connectivity index (χ2v) is 3.55. The predicted molar refractivity (Wildman–Crippen MR) is 54.2 cm³/mol. The van der Waals surface area contributed by atoms with Crippen molar-refractivity contribution in [2.75, 3.05) is 11.4 Å². The second kappa shape index (κ2) is 3.62. The summed E-state index contributed by atoms with van der Waals surface area (Å²) in [5.41, 5.74) is 0.651. The number of amides is 1. The van der Waals surface area contributed by atoms with Crippen molar-refractivity contribution in [1.29, 1.82) is 5.26 Å². The highest BCUT2D eigenvalue weighted by atomic mass is 16.3. The van der Waals surface area contributed by atoms with E-state index in [0.717, 1.165) is 0 Å². The van der Waals surface area contributed by atoms with E-state index >= 15 is 0 Å². The van der Waals surface area contributed by atoms with Gasteiger partial charge in [-0.1, -0.05) is 6.07 Å². The van der Waals surface area contributed by atoms with Crippen molar-refractivity contribution in [1.82, 2.24) is 0 Å². The minimum atomic E-state index is -0.236. The molecule has 0 radical (unpaired) electrons. The first-order valence-corrected chi connectivity index (χ1v) is 4.69. The minimum absolute atomic E-state index is 0.0628. The van der Waals surface area contributed by atoms with Crippen LogP contribution in [-0.2, 0) is 4.79 Å². The number of carbonyl (C=O) groups is 1. The maximum Gasteiger partial charge on any atom is 0.228 e. The fourth-order valence-electron chi connectivity index (χ4n) is 1.70. The number of rotatable bonds is 1. The molecule has 1 amide bonds. The lowest BCUT2D eigenvalue weighted by molar-refractivity contribution is -0.117. The van der Waals surface area contributed by atoms with Crippen LogP contribution >= 0.6 is 0 Å². The highest BCUT2D eigenvalue weighted by Gasteiger charge is 2.30. The summed E-state index contributed by atoms with van der Waals surface area (Å²) in [5, 5.41) is 18.0. The van der Waals surface area contributed by atoms with Gasteiger partial charge in [-0.3, -0.25) is 4.79 Å². The summed E-state index contributed by atoms with van der Waals surface area (Å²) in [6.45, 7) is 0.415. The summed E-state index contributed by atoms with van der Waals surface area (Å²) >= 11 is 0. The lowest BCUT2D eigenvalue weighted by Crippen LogP contribution is -2.24. The molecule has 4 nitrogen and oxygen atoms in total. The Kier molecular flexibility index (Phi) is 2.30. The quantitative estimate of drug-likeness (QED) is 0.745. The Labute approximate surface area is 87.4 Å². The molecule has 1 heterocycles. The molecule has 1 atom stereocenters. The van der Waals surface area contributed by atoms with Gasteiger partial charge in [0.15, 0.2) is 0 Å². The summed E-state index contributed by atoms with van der Waals surface area (Å²) in [6.07, 6.45) is 0.270. The number of anilines is 1. The van der Waals surface area contributed by atoms with Gasteiger partial charge in [-0.2, -0.15) is 5.26 Å². The van der Waals surface area contributed by atoms with E-state index < -0.39 is 0 Å². The van der Waals surface area contributed by atoms with Crippen molar-refractivity contribution in [2.24, 2.45) is 5.92 Å². The van der Waals surface area contributed by atoms with Crippen LogP contribution in [0.1, 0.15) is 6.42 Å². The molecule has 4 heteroatoms. The molecule has 0 aromatic heterocycles. The molecule has 76 valence electrons. The highest BCUT2D eigenvalue weighted by Crippen LogP contribution is 2.26. The Morgan fingerprint density at radius 1 is 1.53 bits per heavy atom. The molecule has 1 unspecified atom stereocenters. The number of hydrogen-bond acceptors (Lipinski definition) is 3. The third-order valence-corrected chi connectivity index (χ3v) is 2.45. The van der Waals surface area contributed by atoms with Crippen LogP contribution in [0.5, 0.6) is 5.75 Å². The highest BCUT2D eigenvalue weighted by molar-refractivity contribution is 5.96. The van der Waals surface area contributed by atoms with Gasteiger partial charge in [-0.15, -0.1) is 0 Å². The summed E-state index contributed by atoms with van der Waals surface area (Å²) in [7, 11) is 0. The van der Waals surface area contributed by atoms with E-state index in [9.17, 15) is 9.90 Å². The number of benzene rings is 1. The van der Waals surface area contributed by atoms with E-state index in [1.54, 1.807) is 18.2 Å². The van der Waals surface area contributed by atoms with E-state index in [4.69, 9.17) is 5.26 Å². The first-order chi connectivity index (χ1) is 7.20. The average molecular weight is 202 g/mol. The molecular formula is C11H10N2O2. The Balaban J connectivity index is 2.26. The molecule has 1 aliphatic heterocycles. The molecular weight excluding hydrogens is 192 g/mol. The molecule has 1 fully saturated rings. The lowest BCUT2D eigenvalue weighted by Gasteiger charge is -2.15. The van der Waals surface area contributed by atoms with Crippen molar-refractivity contribution in [3.63, 3.8) is 0 Å². The van der Waals surface area contributed by atoms with E-state index in [1.165, 1.54) is 11.0 Å². The van der Waals surface area contributed by atoms with E-state index in [-0.39, 0.29) is 24.0 Å². The van der Waals surface area contributed by atoms with Gasteiger partial charge in [0, 0.05) is 24.7 Å². The molecule has 0 aliphatic carbocycles. The molecule has 2 rings (SSSR count). The molecule has 15 heavy (non-hydrogen) atoms. The number of hydrogen-bond donors (Lipinski definition) is 1. The predicted octanol–water partition coefficient (Wildman–Crippen LogP) is 1.27. The molecule has 0 bridgehead atoms. The largest absolute Gasteiger partial charge is 0.508 e. The van der Waals surface area contributed by atoms with Gasteiger partial charge >= 0.3 is 0 Å². The minimum Gasteiger partial charge on any atom is -0.508 e. The van der Waals surface area contributed by atoms with Gasteiger partial charge in [0.25, 0.3) is 0 Å². The average Bonchev–Trinajstić information content (AvgIpc) is 2.60. The number of nitrogens with zero attached hydrogens (tertiary/aromatic N) is 2. The van der Waals surface area contributed by atoms with E-state index in [2.05, 4.69) is 6.07 Å². The molecule has 1 N–H and O–H groups in total. The van der Waals surface area contributed by atoms with Crippen LogP contribution in [-0.4, -0.2) is 17.6 Å². The third-order valence-electron chi connectivity index (χ3n) is 2.45. The van der Waals surface area contributed by atoms with Crippen LogP contribution in [0.3, 0.4) is 0 Å². The standard InChI is InChI=1S/C11H10N2O2/c12-6-8-4-11(15)13(7-8)9-2-1-3-10(14)5-9/h1-3,5,8,14H,4,7H2. The Hall–Kier alpha value is -2.02. The first kappa shape index (κ1) is 9.53. The lowest BCUT2D eigenvalue weighted by atomic mass is 10.1. The Bertz CT molecular complexity index is 436. The van der Waals surface area contributed by atoms with Gasteiger partial charge in [0.2, 0.25) is 5.91 Å². The number of phenols is 1. The summed E-state index contributed by atoms with van der Waals surface area (Å²) in [4.78, 5) is 13.1. The first-order valence-electron chi connectivity index (χ1n) is 4.69. The fraction of sp³-hybridized carbons (Fsp3) is 0.273. The third kappa shape index (κ3) is 1.77. The maximum absolute atomic E-state index is 11.5. The zero-order valence-electron chi connectivity index (χ0n) is 8.05. The van der Waals surface area contributed by atoms with Crippen LogP contribution in [0.15, 0.2) is 24.3 Å². The molecule has 1 aromatic carbocycles. The monoisotopic (exact) mass is 202 g/mol. The van der Waals surface area contributed by atoms with Crippen LogP contribution in [0.2, 0.25) is 0 Å². The van der Waals surface area contributed by atoms with E-state index in [0.29, 0.717) is 12.2 Å². The van der Waals surface area contributed by atoms with Gasteiger partial charge in [-0.25, -0.2) is 0 Å². The fourth-order valence-corrected chi connectivity index (χ4v) is 1.70. The Morgan fingerprint density at radius 2 is 2.33 bits per heavy atom. The smallest absolute Gasteiger partial charge is 0.228 e. The maximum atomic E-state index is 11.5. The molecule has 1 aliphatic rings. The van der Waals surface area contributed by atoms with Crippen molar-refractivity contribution >= 4 is 11.6 Å². The van der Waals surface area contributed by atoms with Crippen LogP contribution in [0, 0.1) is 17.2 Å². The zero-order chi connectivity index (χ0) is 10.8. The normalized spacial score (nSPS) is 20.3. The number of aromatic hydroxyl groups is 1. The van der Waals surface area contributed by atoms with Crippen molar-refractivity contribution in [3.8, 4) is 11.8 Å². The topological polar surface area (TPSA) is 64.3 Å². The Morgan fingerprint density at radius 3 is 2.93 bits per heavy atom. The number of carbonyl (C=O) groups excluding carboxylic acids is 1. The van der Waals surface area contributed by atoms with Crippen LogP contribution in [0.4, 0.5) is 5.69 Å². The summed E-state index contributed by atoms with van der Waals surface area (Å²) < 4.78 is 0. The molecule has 0 saturated carbocycles. The van der Waals surface area contributed by atoms with Crippen molar-refractivity contribution < 1.29 is 9.90 Å². The van der Waals surface area contributed by atoms with Gasteiger partial charge in [-0.05, 0) is 12.1 Å². The molecule has 1 saturated heterocycles. The van der Waals surface area contributed by atoms with Crippen molar-refractivity contribution in [2.45, 2.75) is 6.42 Å². The molecule has 0 spiro atoms. The zero-order valence-corrected chi connectivity index (χ0v) is 8.05. The SMILES string of the molecule is N#CC1CC(=O)N(c2cccc(O)c2)C1. The summed E-state index contributed by atoms with van der Waals surface area (Å²) in [6, 6.07) is 8.58. The molecule has 1 aromatic rings.